The molecule has 0 unspecified atom stereocenters. The maximum Gasteiger partial charge on any atom is 0.324 e. The second-order valence-electron chi connectivity index (χ2n) is 6.67. The summed E-state index contributed by atoms with van der Waals surface area (Å²) in [7, 11) is -1.40. The van der Waals surface area contributed by atoms with Gasteiger partial charge in [-0.2, -0.15) is 0 Å². The average molecular weight is 288 g/mol. The Morgan fingerprint density at radius 1 is 1.30 bits per heavy atom. The van der Waals surface area contributed by atoms with Crippen molar-refractivity contribution in [3.63, 3.8) is 0 Å². The first-order valence-electron chi connectivity index (χ1n) is 6.61. The molecule has 0 spiro atoms. The maximum atomic E-state index is 11.8. The van der Waals surface area contributed by atoms with Crippen LogP contribution in [0, 0.1) is 11.5 Å². The third kappa shape index (κ3) is 3.58. The Bertz CT molecular complexity index is 578. The lowest BCUT2D eigenvalue weighted by molar-refractivity contribution is 0.248. The lowest BCUT2D eigenvalue weighted by atomic mass is 10.1. The van der Waals surface area contributed by atoms with E-state index in [1.165, 1.54) is 0 Å². The molecule has 6 heteroatoms. The van der Waals surface area contributed by atoms with Gasteiger partial charge in [0.25, 0.3) is 0 Å². The summed E-state index contributed by atoms with van der Waals surface area (Å²) >= 11 is 0. The highest BCUT2D eigenvalue weighted by Crippen LogP contribution is 2.19. The van der Waals surface area contributed by atoms with E-state index in [-0.39, 0.29) is 11.6 Å². The fraction of sp³-hybridized carbons (Fsp3) is 0.500. The van der Waals surface area contributed by atoms with E-state index in [9.17, 15) is 4.79 Å². The van der Waals surface area contributed by atoms with Gasteiger partial charge < -0.3 is 5.32 Å². The molecule has 1 aliphatic rings. The van der Waals surface area contributed by atoms with Gasteiger partial charge in [-0.15, -0.1) is 5.54 Å². The minimum absolute atomic E-state index is 0.157. The molecule has 0 bridgehead atoms. The van der Waals surface area contributed by atoms with Crippen molar-refractivity contribution in [2.24, 2.45) is 0 Å². The Morgan fingerprint density at radius 3 is 2.35 bits per heavy atom. The summed E-state index contributed by atoms with van der Waals surface area (Å²) in [5.74, 6) is 3.52. The predicted octanol–water partition coefficient (Wildman–Crippen LogP) is 2.01. The number of anilines is 1. The summed E-state index contributed by atoms with van der Waals surface area (Å²) in [6.07, 6.45) is 3.35. The summed E-state index contributed by atoms with van der Waals surface area (Å²) in [6.45, 7) is 11.1. The molecular formula is C14H20N4OSi. The molecule has 0 aliphatic carbocycles. The maximum absolute atomic E-state index is 11.8. The molecule has 2 amide bonds. The molecule has 1 aromatic rings. The Morgan fingerprint density at radius 2 is 1.90 bits per heavy atom. The zero-order chi connectivity index (χ0) is 15.0. The number of nitrogens with one attached hydrogen (secondary N) is 1. The van der Waals surface area contributed by atoms with Crippen LogP contribution in [0.4, 0.5) is 10.7 Å². The van der Waals surface area contributed by atoms with Crippen molar-refractivity contribution in [2.75, 3.05) is 11.4 Å². The molecule has 106 valence electrons. The third-order valence-electron chi connectivity index (χ3n) is 2.71. The van der Waals surface area contributed by atoms with Gasteiger partial charge in [-0.25, -0.2) is 14.8 Å². The molecule has 1 saturated heterocycles. The SMILES string of the molecule is CC1(C)CN(c2ncc(C#C[Si](C)(C)C)cn2)C(=O)N1. The fourth-order valence-electron chi connectivity index (χ4n) is 1.81. The molecule has 2 rings (SSSR count). The number of nitrogens with zero attached hydrogens (tertiary/aromatic N) is 3. The number of amides is 2. The van der Waals surface area contributed by atoms with Gasteiger partial charge in [0, 0.05) is 12.4 Å². The summed E-state index contributed by atoms with van der Waals surface area (Å²) < 4.78 is 0. The van der Waals surface area contributed by atoms with Crippen molar-refractivity contribution in [3.05, 3.63) is 18.0 Å². The Hall–Kier alpha value is -1.87. The highest BCUT2D eigenvalue weighted by atomic mass is 28.3. The van der Waals surface area contributed by atoms with Gasteiger partial charge in [0.15, 0.2) is 0 Å². The van der Waals surface area contributed by atoms with E-state index < -0.39 is 8.07 Å². The van der Waals surface area contributed by atoms with E-state index in [0.717, 1.165) is 5.56 Å². The largest absolute Gasteiger partial charge is 0.331 e. The van der Waals surface area contributed by atoms with Gasteiger partial charge in [-0.3, -0.25) is 4.90 Å². The number of hydrogen-bond acceptors (Lipinski definition) is 3. The number of urea groups is 1. The monoisotopic (exact) mass is 288 g/mol. The molecule has 0 aromatic carbocycles. The van der Waals surface area contributed by atoms with E-state index in [1.807, 2.05) is 13.8 Å². The third-order valence-corrected chi connectivity index (χ3v) is 3.58. The van der Waals surface area contributed by atoms with E-state index in [4.69, 9.17) is 0 Å². The van der Waals surface area contributed by atoms with Crippen LogP contribution in [0.2, 0.25) is 19.6 Å². The minimum atomic E-state index is -1.40. The summed E-state index contributed by atoms with van der Waals surface area (Å²) in [6, 6.07) is -0.157. The summed E-state index contributed by atoms with van der Waals surface area (Å²) in [5, 5.41) is 2.89. The lowest BCUT2D eigenvalue weighted by Gasteiger charge is -2.16. The Kier molecular flexibility index (Phi) is 3.57. The number of hydrogen-bond donors (Lipinski definition) is 1. The van der Waals surface area contributed by atoms with Crippen LogP contribution in [0.3, 0.4) is 0 Å². The normalized spacial score (nSPS) is 17.4. The predicted molar refractivity (Wildman–Crippen MR) is 82.2 cm³/mol. The van der Waals surface area contributed by atoms with E-state index >= 15 is 0 Å². The minimum Gasteiger partial charge on any atom is -0.331 e. The highest BCUT2D eigenvalue weighted by Gasteiger charge is 2.36. The molecule has 0 radical (unpaired) electrons. The molecule has 20 heavy (non-hydrogen) atoms. The van der Waals surface area contributed by atoms with Crippen molar-refractivity contribution in [3.8, 4) is 11.5 Å². The van der Waals surface area contributed by atoms with Crippen LogP contribution >= 0.6 is 0 Å². The van der Waals surface area contributed by atoms with Crippen LogP contribution in [0.5, 0.6) is 0 Å². The summed E-state index contributed by atoms with van der Waals surface area (Å²) in [5.41, 5.74) is 3.80. The second-order valence-corrected chi connectivity index (χ2v) is 11.4. The molecule has 1 fully saturated rings. The van der Waals surface area contributed by atoms with Gasteiger partial charge in [-0.1, -0.05) is 25.6 Å². The molecule has 0 saturated carbocycles. The zero-order valence-corrected chi connectivity index (χ0v) is 13.6. The number of aromatic nitrogens is 2. The van der Waals surface area contributed by atoms with Crippen molar-refractivity contribution >= 4 is 20.1 Å². The average Bonchev–Trinajstić information content (AvgIpc) is 2.60. The van der Waals surface area contributed by atoms with Gasteiger partial charge in [-0.05, 0) is 13.8 Å². The highest BCUT2D eigenvalue weighted by molar-refractivity contribution is 6.83. The smallest absolute Gasteiger partial charge is 0.324 e. The molecule has 0 atom stereocenters. The van der Waals surface area contributed by atoms with Crippen molar-refractivity contribution in [1.29, 1.82) is 0 Å². The Labute approximate surface area is 120 Å². The van der Waals surface area contributed by atoms with Crippen LogP contribution < -0.4 is 10.2 Å². The molecule has 1 N–H and O–H groups in total. The quantitative estimate of drug-likeness (QED) is 0.635. The molecule has 1 aromatic heterocycles. The van der Waals surface area contributed by atoms with Crippen LogP contribution in [0.15, 0.2) is 12.4 Å². The lowest BCUT2D eigenvalue weighted by Crippen LogP contribution is -2.36. The van der Waals surface area contributed by atoms with Gasteiger partial charge in [0.05, 0.1) is 17.6 Å². The Balaban J connectivity index is 2.17. The number of rotatable bonds is 1. The first-order chi connectivity index (χ1) is 9.16. The van der Waals surface area contributed by atoms with Crippen LogP contribution in [0.25, 0.3) is 0 Å². The van der Waals surface area contributed by atoms with Crippen molar-refractivity contribution < 1.29 is 4.79 Å². The summed E-state index contributed by atoms with van der Waals surface area (Å²) in [4.78, 5) is 21.9. The van der Waals surface area contributed by atoms with Crippen LogP contribution in [-0.4, -0.2) is 36.2 Å². The van der Waals surface area contributed by atoms with Crippen LogP contribution in [0.1, 0.15) is 19.4 Å². The van der Waals surface area contributed by atoms with Gasteiger partial charge in [0.1, 0.15) is 8.07 Å². The molecule has 1 aliphatic heterocycles. The second kappa shape index (κ2) is 4.91. The fourth-order valence-corrected chi connectivity index (χ4v) is 2.33. The topological polar surface area (TPSA) is 58.1 Å². The van der Waals surface area contributed by atoms with Crippen LogP contribution in [-0.2, 0) is 0 Å². The standard InChI is InChI=1S/C14H20N4OSi/c1-14(2)10-18(13(19)17-14)12-15-8-11(9-16-12)6-7-20(3,4)5/h8-9H,10H2,1-5H3,(H,17,19). The van der Waals surface area contributed by atoms with Crippen molar-refractivity contribution in [2.45, 2.75) is 39.0 Å². The van der Waals surface area contributed by atoms with Gasteiger partial charge >= 0.3 is 6.03 Å². The zero-order valence-electron chi connectivity index (χ0n) is 12.6. The van der Waals surface area contributed by atoms with E-state index in [0.29, 0.717) is 12.5 Å². The van der Waals surface area contributed by atoms with E-state index in [2.05, 4.69) is 46.4 Å². The van der Waals surface area contributed by atoms with E-state index in [1.54, 1.807) is 17.3 Å². The number of carbonyl (C=O) groups is 1. The first-order valence-corrected chi connectivity index (χ1v) is 10.1. The van der Waals surface area contributed by atoms with Crippen molar-refractivity contribution in [1.82, 2.24) is 15.3 Å². The first kappa shape index (κ1) is 14.5. The number of carbonyl (C=O) groups excluding carboxylic acids is 1. The molecular weight excluding hydrogens is 268 g/mol. The van der Waals surface area contributed by atoms with Gasteiger partial charge in [0.2, 0.25) is 5.95 Å². The molecule has 5 nitrogen and oxygen atoms in total. The molecule has 2 heterocycles.